The van der Waals surface area contributed by atoms with Crippen LogP contribution >= 0.6 is 0 Å². The van der Waals surface area contributed by atoms with Crippen LogP contribution in [0.4, 0.5) is 39.5 Å². The number of esters is 1. The topological polar surface area (TPSA) is 46.5 Å². The Balaban J connectivity index is 2.14. The number of ether oxygens (including phenoxy) is 1. The maximum Gasteiger partial charge on any atom is 0.426 e. The van der Waals surface area contributed by atoms with E-state index in [4.69, 9.17) is 4.74 Å². The summed E-state index contributed by atoms with van der Waals surface area (Å²) in [6.07, 6.45) is -19.4. The summed E-state index contributed by atoms with van der Waals surface area (Å²) >= 11 is 0. The SMILES string of the molecule is CC(C)CC(C(=O)OC1CC2CC(CC(O)(C(F)(F)F)C(F)(F)F)C21)C(C)(C)C(F)(F)F. The van der Waals surface area contributed by atoms with Crippen molar-refractivity contribution >= 4 is 5.97 Å². The summed E-state index contributed by atoms with van der Waals surface area (Å²) in [7, 11) is 0. The van der Waals surface area contributed by atoms with Crippen molar-refractivity contribution in [3.63, 3.8) is 0 Å². The molecule has 0 radical (unpaired) electrons. The van der Waals surface area contributed by atoms with Crippen molar-refractivity contribution in [1.82, 2.24) is 0 Å². The van der Waals surface area contributed by atoms with E-state index in [1.807, 2.05) is 0 Å². The van der Waals surface area contributed by atoms with Gasteiger partial charge in [0.25, 0.3) is 5.60 Å². The molecular formula is C20H27F9O3. The second-order valence-electron chi connectivity index (χ2n) is 10.0. The van der Waals surface area contributed by atoms with Gasteiger partial charge in [-0.25, -0.2) is 0 Å². The van der Waals surface area contributed by atoms with E-state index in [1.54, 1.807) is 13.8 Å². The maximum atomic E-state index is 13.5. The highest BCUT2D eigenvalue weighted by Gasteiger charge is 2.72. The standard InChI is InChI=1S/C20H27F9O3/c1-9(2)5-12(16(3,4)18(21,22)23)15(30)32-13-7-10-6-11(14(10)13)8-17(31,19(24,25)26)20(27,28)29/h9-14,31H,5-8H2,1-4H3. The third kappa shape index (κ3) is 4.70. The van der Waals surface area contributed by atoms with Crippen LogP contribution in [0.15, 0.2) is 0 Å². The molecule has 0 aliphatic heterocycles. The predicted molar refractivity (Wildman–Crippen MR) is 94.0 cm³/mol. The van der Waals surface area contributed by atoms with Crippen LogP contribution in [0.5, 0.6) is 0 Å². The molecule has 0 spiro atoms. The summed E-state index contributed by atoms with van der Waals surface area (Å²) in [4.78, 5) is 12.6. The number of aliphatic hydroxyl groups is 1. The highest BCUT2D eigenvalue weighted by Crippen LogP contribution is 2.60. The first-order valence-corrected chi connectivity index (χ1v) is 10.3. The zero-order chi connectivity index (χ0) is 25.1. The Labute approximate surface area is 179 Å². The van der Waals surface area contributed by atoms with Crippen molar-refractivity contribution < 1.29 is 54.2 Å². The van der Waals surface area contributed by atoms with Gasteiger partial charge >= 0.3 is 24.5 Å². The lowest BCUT2D eigenvalue weighted by Crippen LogP contribution is -2.63. The largest absolute Gasteiger partial charge is 0.462 e. The summed E-state index contributed by atoms with van der Waals surface area (Å²) in [5.74, 6) is -5.42. The van der Waals surface area contributed by atoms with Crippen molar-refractivity contribution in [3.8, 4) is 0 Å². The highest BCUT2D eigenvalue weighted by atomic mass is 19.4. The average molecular weight is 486 g/mol. The molecule has 5 unspecified atom stereocenters. The van der Waals surface area contributed by atoms with Crippen LogP contribution in [0.2, 0.25) is 0 Å². The van der Waals surface area contributed by atoms with Crippen molar-refractivity contribution in [2.45, 2.75) is 83.6 Å². The van der Waals surface area contributed by atoms with Gasteiger partial charge in [-0.1, -0.05) is 27.7 Å². The van der Waals surface area contributed by atoms with Gasteiger partial charge in [0.2, 0.25) is 0 Å². The summed E-state index contributed by atoms with van der Waals surface area (Å²) in [5.41, 5.74) is -7.35. The van der Waals surface area contributed by atoms with Gasteiger partial charge in [0.1, 0.15) is 6.10 Å². The maximum absolute atomic E-state index is 13.5. The molecule has 0 amide bonds. The Hall–Kier alpha value is -1.20. The van der Waals surface area contributed by atoms with Crippen LogP contribution in [-0.2, 0) is 9.53 Å². The molecule has 32 heavy (non-hydrogen) atoms. The first-order valence-electron chi connectivity index (χ1n) is 10.3. The number of alkyl halides is 9. The smallest absolute Gasteiger partial charge is 0.426 e. The van der Waals surface area contributed by atoms with E-state index >= 15 is 0 Å². The number of hydrogen-bond donors (Lipinski definition) is 1. The number of carbonyl (C=O) groups is 1. The van der Waals surface area contributed by atoms with Gasteiger partial charge in [-0.2, -0.15) is 39.5 Å². The van der Waals surface area contributed by atoms with E-state index < -0.39 is 65.8 Å². The zero-order valence-electron chi connectivity index (χ0n) is 18.0. The first-order chi connectivity index (χ1) is 14.1. The van der Waals surface area contributed by atoms with Crippen molar-refractivity contribution in [2.24, 2.45) is 35.0 Å². The lowest BCUT2D eigenvalue weighted by molar-refractivity contribution is -0.378. The lowest BCUT2D eigenvalue weighted by Gasteiger charge is -2.59. The van der Waals surface area contributed by atoms with E-state index in [0.29, 0.717) is 0 Å². The number of carbonyl (C=O) groups excluding carboxylic acids is 1. The van der Waals surface area contributed by atoms with Crippen molar-refractivity contribution in [2.75, 3.05) is 0 Å². The first kappa shape index (κ1) is 27.0. The van der Waals surface area contributed by atoms with E-state index in [9.17, 15) is 49.4 Å². The second kappa shape index (κ2) is 8.23. The molecule has 0 aromatic carbocycles. The van der Waals surface area contributed by atoms with Gasteiger partial charge in [0, 0.05) is 5.92 Å². The van der Waals surface area contributed by atoms with E-state index in [0.717, 1.165) is 13.8 Å². The molecule has 2 aliphatic rings. The number of rotatable bonds is 7. The monoisotopic (exact) mass is 486 g/mol. The Morgan fingerprint density at radius 1 is 0.938 bits per heavy atom. The van der Waals surface area contributed by atoms with E-state index in [1.165, 1.54) is 0 Å². The van der Waals surface area contributed by atoms with Gasteiger partial charge in [-0.3, -0.25) is 4.79 Å². The minimum absolute atomic E-state index is 0.0172. The molecule has 0 aromatic heterocycles. The highest BCUT2D eigenvalue weighted by molar-refractivity contribution is 5.74. The number of halogens is 9. The van der Waals surface area contributed by atoms with Crippen LogP contribution in [0.1, 0.15) is 53.4 Å². The second-order valence-corrected chi connectivity index (χ2v) is 10.0. The van der Waals surface area contributed by atoms with Crippen LogP contribution in [0.3, 0.4) is 0 Å². The van der Waals surface area contributed by atoms with Crippen LogP contribution in [0.25, 0.3) is 0 Å². The van der Waals surface area contributed by atoms with Crippen molar-refractivity contribution in [3.05, 3.63) is 0 Å². The minimum atomic E-state index is -5.95. The van der Waals surface area contributed by atoms with Gasteiger partial charge in [0.05, 0.1) is 11.3 Å². The molecule has 5 atom stereocenters. The summed E-state index contributed by atoms with van der Waals surface area (Å²) in [6, 6.07) is 0. The molecule has 188 valence electrons. The van der Waals surface area contributed by atoms with Crippen LogP contribution in [0, 0.1) is 35.0 Å². The third-order valence-electron chi connectivity index (χ3n) is 7.01. The van der Waals surface area contributed by atoms with Crippen LogP contribution < -0.4 is 0 Å². The minimum Gasteiger partial charge on any atom is -0.462 e. The fourth-order valence-corrected chi connectivity index (χ4v) is 4.72. The lowest BCUT2D eigenvalue weighted by atomic mass is 9.49. The Kier molecular flexibility index (Phi) is 6.96. The third-order valence-corrected chi connectivity index (χ3v) is 7.01. The molecule has 2 saturated carbocycles. The average Bonchev–Trinajstić information content (AvgIpc) is 2.53. The van der Waals surface area contributed by atoms with Crippen molar-refractivity contribution in [1.29, 1.82) is 0 Å². The molecule has 0 bridgehead atoms. The van der Waals surface area contributed by atoms with E-state index in [2.05, 4.69) is 0 Å². The fourth-order valence-electron chi connectivity index (χ4n) is 4.72. The summed E-state index contributed by atoms with van der Waals surface area (Å²) in [6.45, 7) is 4.93. The quantitative estimate of drug-likeness (QED) is 0.352. The fraction of sp³-hybridized carbons (Fsp3) is 0.950. The van der Waals surface area contributed by atoms with Gasteiger partial charge in [0.15, 0.2) is 0 Å². The van der Waals surface area contributed by atoms with Gasteiger partial charge < -0.3 is 9.84 Å². The Bertz CT molecular complexity index is 680. The number of fused-ring (bicyclic) bond motifs is 1. The molecule has 0 heterocycles. The molecular weight excluding hydrogens is 459 g/mol. The van der Waals surface area contributed by atoms with E-state index in [-0.39, 0.29) is 31.1 Å². The molecule has 2 rings (SSSR count). The summed E-state index contributed by atoms with van der Waals surface area (Å²) < 4.78 is 124. The van der Waals surface area contributed by atoms with Crippen LogP contribution in [-0.4, -0.2) is 41.3 Å². The molecule has 1 N–H and O–H groups in total. The molecule has 2 fully saturated rings. The van der Waals surface area contributed by atoms with Gasteiger partial charge in [-0.15, -0.1) is 0 Å². The molecule has 0 aromatic rings. The normalized spacial score (nSPS) is 28.0. The predicted octanol–water partition coefficient (Wildman–Crippen LogP) is 6.05. The Morgan fingerprint density at radius 3 is 1.81 bits per heavy atom. The molecule has 3 nitrogen and oxygen atoms in total. The van der Waals surface area contributed by atoms with Gasteiger partial charge in [-0.05, 0) is 43.4 Å². The molecule has 12 heteroatoms. The Morgan fingerprint density at radius 2 is 1.44 bits per heavy atom. The molecule has 2 aliphatic carbocycles. The number of hydrogen-bond acceptors (Lipinski definition) is 3. The zero-order valence-corrected chi connectivity index (χ0v) is 18.0. The molecule has 0 saturated heterocycles. The summed E-state index contributed by atoms with van der Waals surface area (Å²) in [5, 5.41) is 9.42.